The van der Waals surface area contributed by atoms with Crippen LogP contribution >= 0.6 is 11.6 Å². The van der Waals surface area contributed by atoms with E-state index in [0.29, 0.717) is 10.8 Å². The number of hydrogen-bond donors (Lipinski definition) is 1. The van der Waals surface area contributed by atoms with Gasteiger partial charge in [0, 0.05) is 17.2 Å². The molecule has 1 N–H and O–H groups in total. The van der Waals surface area contributed by atoms with E-state index in [-0.39, 0.29) is 17.2 Å². The van der Waals surface area contributed by atoms with Gasteiger partial charge in [-0.1, -0.05) is 11.6 Å². The lowest BCUT2D eigenvalue weighted by atomic mass is 10.3. The van der Waals surface area contributed by atoms with Crippen LogP contribution in [0, 0.1) is 10.1 Å². The summed E-state index contributed by atoms with van der Waals surface area (Å²) >= 11 is 5.77. The van der Waals surface area contributed by atoms with Crippen LogP contribution in [0.1, 0.15) is 0 Å². The van der Waals surface area contributed by atoms with E-state index in [9.17, 15) is 10.1 Å². The first-order valence-electron chi connectivity index (χ1n) is 4.97. The largest absolute Gasteiger partial charge is 0.508 e. The molecule has 0 heterocycles. The Morgan fingerprint density at radius 2 is 1.83 bits per heavy atom. The molecule has 0 fully saturated rings. The summed E-state index contributed by atoms with van der Waals surface area (Å²) in [5.41, 5.74) is -0.174. The first-order valence-corrected chi connectivity index (χ1v) is 5.35. The van der Waals surface area contributed by atoms with Crippen molar-refractivity contribution in [3.05, 3.63) is 57.6 Å². The lowest BCUT2D eigenvalue weighted by Gasteiger charge is -2.06. The number of benzene rings is 2. The Bertz CT molecular complexity index is 583. The van der Waals surface area contributed by atoms with E-state index in [2.05, 4.69) is 0 Å². The zero-order valence-electron chi connectivity index (χ0n) is 9.04. The van der Waals surface area contributed by atoms with Crippen LogP contribution in [-0.2, 0) is 0 Å². The van der Waals surface area contributed by atoms with E-state index < -0.39 is 4.92 Å². The topological polar surface area (TPSA) is 72.6 Å². The molecule has 0 radical (unpaired) electrons. The van der Waals surface area contributed by atoms with Gasteiger partial charge in [-0.15, -0.1) is 0 Å². The van der Waals surface area contributed by atoms with Crippen LogP contribution in [0.25, 0.3) is 0 Å². The first-order chi connectivity index (χ1) is 8.56. The molecule has 2 aromatic rings. The van der Waals surface area contributed by atoms with Crippen molar-refractivity contribution in [1.82, 2.24) is 0 Å². The number of phenolic OH excluding ortho intramolecular Hbond substituents is 1. The zero-order valence-corrected chi connectivity index (χ0v) is 9.79. The minimum Gasteiger partial charge on any atom is -0.508 e. The summed E-state index contributed by atoms with van der Waals surface area (Å²) in [5.74, 6) is 0.513. The number of rotatable bonds is 3. The minimum absolute atomic E-state index is 0.0539. The number of nitro benzene ring substituents is 1. The number of nitro groups is 1. The van der Waals surface area contributed by atoms with Crippen LogP contribution in [0.2, 0.25) is 5.02 Å². The molecule has 0 aliphatic rings. The van der Waals surface area contributed by atoms with Crippen LogP contribution in [0.3, 0.4) is 0 Å². The number of phenols is 1. The van der Waals surface area contributed by atoms with Gasteiger partial charge in [0.05, 0.1) is 4.92 Å². The van der Waals surface area contributed by atoms with Gasteiger partial charge in [-0.2, -0.15) is 0 Å². The molecule has 2 aromatic carbocycles. The third kappa shape index (κ3) is 2.70. The highest BCUT2D eigenvalue weighted by atomic mass is 35.5. The number of aromatic hydroxyl groups is 1. The monoisotopic (exact) mass is 265 g/mol. The normalized spacial score (nSPS) is 10.1. The maximum atomic E-state index is 10.8. The Morgan fingerprint density at radius 3 is 2.44 bits per heavy atom. The Morgan fingerprint density at radius 1 is 1.17 bits per heavy atom. The molecule has 92 valence electrons. The Kier molecular flexibility index (Phi) is 3.34. The van der Waals surface area contributed by atoms with Gasteiger partial charge >= 0.3 is 5.69 Å². The van der Waals surface area contributed by atoms with Crippen molar-refractivity contribution in [1.29, 1.82) is 0 Å². The highest BCUT2D eigenvalue weighted by molar-refractivity contribution is 6.30. The molecule has 0 spiro atoms. The van der Waals surface area contributed by atoms with Crippen molar-refractivity contribution in [3.63, 3.8) is 0 Å². The molecule has 0 bridgehead atoms. The van der Waals surface area contributed by atoms with Gasteiger partial charge in [0.2, 0.25) is 5.75 Å². The summed E-state index contributed by atoms with van der Waals surface area (Å²) in [5, 5.41) is 20.3. The van der Waals surface area contributed by atoms with E-state index in [1.54, 1.807) is 0 Å². The third-order valence-electron chi connectivity index (χ3n) is 2.18. The van der Waals surface area contributed by atoms with Crippen molar-refractivity contribution in [2.45, 2.75) is 0 Å². The summed E-state index contributed by atoms with van der Waals surface area (Å²) < 4.78 is 5.37. The minimum atomic E-state index is -0.550. The second-order valence-electron chi connectivity index (χ2n) is 3.47. The van der Waals surface area contributed by atoms with Gasteiger partial charge in [-0.3, -0.25) is 10.1 Å². The Labute approximate surface area is 107 Å². The second kappa shape index (κ2) is 4.93. The van der Waals surface area contributed by atoms with E-state index in [1.807, 2.05) is 0 Å². The summed E-state index contributed by atoms with van der Waals surface area (Å²) in [6.45, 7) is 0. The average Bonchev–Trinajstić information content (AvgIpc) is 2.32. The van der Waals surface area contributed by atoms with Crippen molar-refractivity contribution in [2.75, 3.05) is 0 Å². The van der Waals surface area contributed by atoms with Crippen LogP contribution in [0.4, 0.5) is 5.69 Å². The molecular weight excluding hydrogens is 258 g/mol. The van der Waals surface area contributed by atoms with Gasteiger partial charge < -0.3 is 9.84 Å². The van der Waals surface area contributed by atoms with Crippen molar-refractivity contribution < 1.29 is 14.8 Å². The molecule has 2 rings (SSSR count). The summed E-state index contributed by atoms with van der Waals surface area (Å²) in [4.78, 5) is 10.3. The molecular formula is C12H8ClNO4. The lowest BCUT2D eigenvalue weighted by Crippen LogP contribution is -1.93. The predicted octanol–water partition coefficient (Wildman–Crippen LogP) is 3.75. The second-order valence-corrected chi connectivity index (χ2v) is 3.90. The summed E-state index contributed by atoms with van der Waals surface area (Å²) in [7, 11) is 0. The maximum absolute atomic E-state index is 10.8. The van der Waals surface area contributed by atoms with Gasteiger partial charge in [0.1, 0.15) is 11.5 Å². The van der Waals surface area contributed by atoms with E-state index in [0.717, 1.165) is 0 Å². The highest BCUT2D eigenvalue weighted by Crippen LogP contribution is 2.33. The summed E-state index contributed by atoms with van der Waals surface area (Å²) in [6, 6.07) is 9.91. The fourth-order valence-corrected chi connectivity index (χ4v) is 1.52. The van der Waals surface area contributed by atoms with Gasteiger partial charge in [0.25, 0.3) is 0 Å². The van der Waals surface area contributed by atoms with Crippen LogP contribution in [0.5, 0.6) is 17.2 Å². The number of hydrogen-bond acceptors (Lipinski definition) is 4. The number of halogens is 1. The van der Waals surface area contributed by atoms with E-state index >= 15 is 0 Å². The van der Waals surface area contributed by atoms with Crippen LogP contribution < -0.4 is 4.74 Å². The first kappa shape index (κ1) is 12.2. The molecule has 5 nitrogen and oxygen atoms in total. The Hall–Kier alpha value is -2.27. The lowest BCUT2D eigenvalue weighted by molar-refractivity contribution is -0.385. The van der Waals surface area contributed by atoms with Crippen molar-refractivity contribution >= 4 is 17.3 Å². The average molecular weight is 266 g/mol. The molecule has 0 aliphatic carbocycles. The standard InChI is InChI=1S/C12H8ClNO4/c13-8-1-6-11(14(16)17)12(7-8)18-10-4-2-9(15)3-5-10/h1-7,15H. The quantitative estimate of drug-likeness (QED) is 0.678. The maximum Gasteiger partial charge on any atom is 0.311 e. The fourth-order valence-electron chi connectivity index (χ4n) is 1.36. The smallest absolute Gasteiger partial charge is 0.311 e. The van der Waals surface area contributed by atoms with Gasteiger partial charge in [-0.25, -0.2) is 0 Å². The fraction of sp³-hybridized carbons (Fsp3) is 0. The zero-order chi connectivity index (χ0) is 13.1. The summed E-state index contributed by atoms with van der Waals surface area (Å²) in [6.07, 6.45) is 0. The predicted molar refractivity (Wildman–Crippen MR) is 66.3 cm³/mol. The van der Waals surface area contributed by atoms with Crippen molar-refractivity contribution in [3.8, 4) is 17.2 Å². The molecule has 0 unspecified atom stereocenters. The molecule has 0 aliphatic heterocycles. The third-order valence-corrected chi connectivity index (χ3v) is 2.42. The van der Waals surface area contributed by atoms with Gasteiger partial charge in [0.15, 0.2) is 0 Å². The van der Waals surface area contributed by atoms with Crippen LogP contribution in [-0.4, -0.2) is 10.0 Å². The highest BCUT2D eigenvalue weighted by Gasteiger charge is 2.16. The van der Waals surface area contributed by atoms with Gasteiger partial charge in [-0.05, 0) is 30.3 Å². The number of nitrogens with zero attached hydrogens (tertiary/aromatic N) is 1. The van der Waals surface area contributed by atoms with E-state index in [1.165, 1.54) is 42.5 Å². The molecule has 0 saturated heterocycles. The molecule has 0 atom stereocenters. The van der Waals surface area contributed by atoms with E-state index in [4.69, 9.17) is 21.4 Å². The molecule has 0 saturated carbocycles. The SMILES string of the molecule is O=[N+]([O-])c1ccc(Cl)cc1Oc1ccc(O)cc1. The molecule has 18 heavy (non-hydrogen) atoms. The van der Waals surface area contributed by atoms with Crippen LogP contribution in [0.15, 0.2) is 42.5 Å². The molecule has 0 amide bonds. The Balaban J connectivity index is 2.35. The number of ether oxygens (including phenoxy) is 1. The molecule has 6 heteroatoms. The molecule has 0 aromatic heterocycles. The van der Waals surface area contributed by atoms with Crippen molar-refractivity contribution in [2.24, 2.45) is 0 Å².